The number of hydrogen-bond acceptors (Lipinski definition) is 2. The van der Waals surface area contributed by atoms with Gasteiger partial charge in [-0.25, -0.2) is 0 Å². The van der Waals surface area contributed by atoms with Gasteiger partial charge < -0.3 is 10.1 Å². The first-order chi connectivity index (χ1) is 9.94. The van der Waals surface area contributed by atoms with Crippen molar-refractivity contribution in [2.24, 2.45) is 0 Å². The zero-order chi connectivity index (χ0) is 15.7. The van der Waals surface area contributed by atoms with E-state index in [4.69, 9.17) is 16.3 Å². The second kappa shape index (κ2) is 9.32. The highest BCUT2D eigenvalue weighted by Crippen LogP contribution is 2.27. The fourth-order valence-corrected chi connectivity index (χ4v) is 2.32. The molecule has 0 unspecified atom stereocenters. The molecule has 1 aromatic rings. The van der Waals surface area contributed by atoms with Crippen molar-refractivity contribution >= 4 is 11.6 Å². The molecular formula is C18H30ClNO. The van der Waals surface area contributed by atoms with Crippen LogP contribution >= 0.6 is 11.6 Å². The molecule has 0 fully saturated rings. The molecule has 2 nitrogen and oxygen atoms in total. The summed E-state index contributed by atoms with van der Waals surface area (Å²) in [6.07, 6.45) is 6.24. The van der Waals surface area contributed by atoms with Gasteiger partial charge >= 0.3 is 0 Å². The number of nitrogens with one attached hydrogen (secondary N) is 1. The molecule has 0 saturated heterocycles. The Morgan fingerprint density at radius 1 is 1.10 bits per heavy atom. The second-order valence-electron chi connectivity index (χ2n) is 6.58. The van der Waals surface area contributed by atoms with Crippen molar-refractivity contribution in [1.29, 1.82) is 0 Å². The minimum Gasteiger partial charge on any atom is -0.493 e. The monoisotopic (exact) mass is 311 g/mol. The van der Waals surface area contributed by atoms with Crippen LogP contribution in [0.2, 0.25) is 5.02 Å². The van der Waals surface area contributed by atoms with Crippen LogP contribution in [0, 0.1) is 0 Å². The van der Waals surface area contributed by atoms with E-state index in [0.717, 1.165) is 35.9 Å². The number of benzene rings is 1. The molecule has 0 aromatic heterocycles. The van der Waals surface area contributed by atoms with Gasteiger partial charge in [0.15, 0.2) is 0 Å². The molecule has 1 rings (SSSR count). The Morgan fingerprint density at radius 2 is 1.81 bits per heavy atom. The van der Waals surface area contributed by atoms with Crippen LogP contribution in [-0.4, -0.2) is 12.1 Å². The maximum atomic E-state index is 6.32. The predicted octanol–water partition coefficient (Wildman–Crippen LogP) is 5.58. The highest BCUT2D eigenvalue weighted by molar-refractivity contribution is 6.31. The summed E-state index contributed by atoms with van der Waals surface area (Å²) in [5.41, 5.74) is 1.12. The number of rotatable bonds is 9. The van der Waals surface area contributed by atoms with Crippen molar-refractivity contribution in [3.8, 4) is 5.75 Å². The molecule has 0 amide bonds. The Labute approximate surface area is 135 Å². The lowest BCUT2D eigenvalue weighted by molar-refractivity contribution is 0.299. The van der Waals surface area contributed by atoms with E-state index in [1.54, 1.807) is 0 Å². The molecule has 0 bridgehead atoms. The first-order valence-corrected chi connectivity index (χ1v) is 8.47. The largest absolute Gasteiger partial charge is 0.493 e. The lowest BCUT2D eigenvalue weighted by Crippen LogP contribution is -2.35. The number of ether oxygens (including phenoxy) is 1. The zero-order valence-corrected chi connectivity index (χ0v) is 14.7. The summed E-state index contributed by atoms with van der Waals surface area (Å²) in [4.78, 5) is 0. The molecule has 0 aliphatic rings. The van der Waals surface area contributed by atoms with Crippen molar-refractivity contribution in [2.45, 2.75) is 71.9 Å². The van der Waals surface area contributed by atoms with E-state index < -0.39 is 0 Å². The molecule has 1 N–H and O–H groups in total. The van der Waals surface area contributed by atoms with E-state index in [-0.39, 0.29) is 5.54 Å². The fraction of sp³-hybridized carbons (Fsp3) is 0.667. The lowest BCUT2D eigenvalue weighted by Gasteiger charge is -2.22. The molecule has 0 aliphatic carbocycles. The maximum absolute atomic E-state index is 6.32. The van der Waals surface area contributed by atoms with Gasteiger partial charge in [0.1, 0.15) is 5.75 Å². The summed E-state index contributed by atoms with van der Waals surface area (Å²) in [7, 11) is 0. The van der Waals surface area contributed by atoms with Crippen LogP contribution in [0.15, 0.2) is 18.2 Å². The molecule has 120 valence electrons. The van der Waals surface area contributed by atoms with Crippen molar-refractivity contribution in [3.63, 3.8) is 0 Å². The molecule has 0 spiro atoms. The molecular weight excluding hydrogens is 282 g/mol. The highest BCUT2D eigenvalue weighted by atomic mass is 35.5. The zero-order valence-electron chi connectivity index (χ0n) is 14.0. The van der Waals surface area contributed by atoms with Gasteiger partial charge in [0.05, 0.1) is 6.61 Å². The average Bonchev–Trinajstić information content (AvgIpc) is 2.40. The van der Waals surface area contributed by atoms with Crippen molar-refractivity contribution < 1.29 is 4.74 Å². The molecule has 0 saturated carbocycles. The van der Waals surface area contributed by atoms with Gasteiger partial charge in [-0.15, -0.1) is 0 Å². The van der Waals surface area contributed by atoms with Crippen LogP contribution < -0.4 is 10.1 Å². The lowest BCUT2D eigenvalue weighted by atomic mass is 10.1. The Balaban J connectivity index is 2.51. The minimum absolute atomic E-state index is 0.0661. The fourth-order valence-electron chi connectivity index (χ4n) is 2.09. The van der Waals surface area contributed by atoms with E-state index in [2.05, 4.69) is 33.0 Å². The smallest absolute Gasteiger partial charge is 0.125 e. The molecule has 21 heavy (non-hydrogen) atoms. The average molecular weight is 312 g/mol. The van der Waals surface area contributed by atoms with Crippen LogP contribution in [0.3, 0.4) is 0 Å². The van der Waals surface area contributed by atoms with Crippen LogP contribution in [-0.2, 0) is 6.54 Å². The van der Waals surface area contributed by atoms with Gasteiger partial charge in [-0.3, -0.25) is 0 Å². The third-order valence-electron chi connectivity index (χ3n) is 3.38. The van der Waals surface area contributed by atoms with Gasteiger partial charge in [0, 0.05) is 22.7 Å². The summed E-state index contributed by atoms with van der Waals surface area (Å²) in [5, 5.41) is 4.25. The Hall–Kier alpha value is -0.730. The van der Waals surface area contributed by atoms with E-state index >= 15 is 0 Å². The summed E-state index contributed by atoms with van der Waals surface area (Å²) >= 11 is 6.32. The van der Waals surface area contributed by atoms with E-state index in [9.17, 15) is 0 Å². The van der Waals surface area contributed by atoms with Gasteiger partial charge in [-0.1, -0.05) is 50.3 Å². The van der Waals surface area contributed by atoms with E-state index in [0.29, 0.717) is 0 Å². The third-order valence-corrected chi connectivity index (χ3v) is 3.73. The molecule has 0 atom stereocenters. The van der Waals surface area contributed by atoms with Crippen molar-refractivity contribution in [2.75, 3.05) is 6.61 Å². The van der Waals surface area contributed by atoms with Gasteiger partial charge in [-0.05, 0) is 39.3 Å². The Morgan fingerprint density at radius 3 is 2.48 bits per heavy atom. The topological polar surface area (TPSA) is 21.3 Å². The Kier molecular flexibility index (Phi) is 8.13. The predicted molar refractivity (Wildman–Crippen MR) is 92.3 cm³/mol. The van der Waals surface area contributed by atoms with E-state index in [1.807, 2.05) is 18.2 Å². The van der Waals surface area contributed by atoms with Crippen molar-refractivity contribution in [1.82, 2.24) is 5.32 Å². The van der Waals surface area contributed by atoms with Crippen LogP contribution in [0.4, 0.5) is 0 Å². The van der Waals surface area contributed by atoms with Crippen LogP contribution in [0.25, 0.3) is 0 Å². The molecule has 1 aromatic carbocycles. The summed E-state index contributed by atoms with van der Waals surface area (Å²) in [5.74, 6) is 0.912. The maximum Gasteiger partial charge on any atom is 0.125 e. The normalized spacial score (nSPS) is 11.7. The first kappa shape index (κ1) is 18.3. The highest BCUT2D eigenvalue weighted by Gasteiger charge is 2.13. The van der Waals surface area contributed by atoms with Gasteiger partial charge in [-0.2, -0.15) is 0 Å². The Bertz CT molecular complexity index is 412. The summed E-state index contributed by atoms with van der Waals surface area (Å²) < 4.78 is 5.94. The first-order valence-electron chi connectivity index (χ1n) is 8.09. The molecule has 0 heterocycles. The molecule has 3 heteroatoms. The van der Waals surface area contributed by atoms with E-state index in [1.165, 1.54) is 25.7 Å². The van der Waals surface area contributed by atoms with Gasteiger partial charge in [0.25, 0.3) is 0 Å². The van der Waals surface area contributed by atoms with Gasteiger partial charge in [0.2, 0.25) is 0 Å². The second-order valence-corrected chi connectivity index (χ2v) is 6.99. The molecule has 0 aliphatic heterocycles. The standard InChI is InChI=1S/C18H30ClNO/c1-5-6-7-8-9-13-21-17-12-10-11-16(19)15(17)14-20-18(2,3)4/h10-12,20H,5-9,13-14H2,1-4H3. The number of hydrogen-bond donors (Lipinski definition) is 1. The van der Waals surface area contributed by atoms with Crippen LogP contribution in [0.1, 0.15) is 65.4 Å². The minimum atomic E-state index is 0.0661. The SMILES string of the molecule is CCCCCCCOc1cccc(Cl)c1CNC(C)(C)C. The van der Waals surface area contributed by atoms with Crippen molar-refractivity contribution in [3.05, 3.63) is 28.8 Å². The summed E-state index contributed by atoms with van der Waals surface area (Å²) in [6.45, 7) is 10.2. The summed E-state index contributed by atoms with van der Waals surface area (Å²) in [6, 6.07) is 5.89. The third kappa shape index (κ3) is 7.73. The quantitative estimate of drug-likeness (QED) is 0.601. The van der Waals surface area contributed by atoms with Crippen LogP contribution in [0.5, 0.6) is 5.75 Å². The molecule has 0 radical (unpaired) electrons. The number of unbranched alkanes of at least 4 members (excludes halogenated alkanes) is 4. The number of halogens is 1.